The first-order valence-corrected chi connectivity index (χ1v) is 10.1. The molecule has 2 saturated heterocycles. The van der Waals surface area contributed by atoms with Gasteiger partial charge in [-0.1, -0.05) is 42.0 Å². The Balaban J connectivity index is 1.33. The van der Waals surface area contributed by atoms with Crippen LogP contribution in [-0.2, 0) is 16.1 Å². The van der Waals surface area contributed by atoms with Crippen molar-refractivity contribution in [3.05, 3.63) is 65.5 Å². The zero-order valence-electron chi connectivity index (χ0n) is 16.7. The van der Waals surface area contributed by atoms with E-state index in [2.05, 4.69) is 6.07 Å². The van der Waals surface area contributed by atoms with E-state index in [0.29, 0.717) is 45.0 Å². The molecule has 5 nitrogen and oxygen atoms in total. The lowest BCUT2D eigenvalue weighted by Gasteiger charge is -2.37. The highest BCUT2D eigenvalue weighted by Crippen LogP contribution is 2.25. The number of para-hydroxylation sites is 1. The van der Waals surface area contributed by atoms with Gasteiger partial charge in [-0.2, -0.15) is 0 Å². The van der Waals surface area contributed by atoms with Crippen LogP contribution in [0.15, 0.2) is 48.5 Å². The number of amides is 2. The molecule has 152 valence electrons. The maximum absolute atomic E-state index is 14.0. The molecule has 1 unspecified atom stereocenters. The van der Waals surface area contributed by atoms with Crippen molar-refractivity contribution >= 4 is 17.5 Å². The van der Waals surface area contributed by atoms with Crippen molar-refractivity contribution in [1.82, 2.24) is 9.80 Å². The first-order chi connectivity index (χ1) is 14.0. The Bertz CT molecular complexity index is 909. The van der Waals surface area contributed by atoms with E-state index in [1.54, 1.807) is 17.0 Å². The second-order valence-electron chi connectivity index (χ2n) is 7.93. The average molecular weight is 395 g/mol. The third-order valence-electron chi connectivity index (χ3n) is 5.80. The van der Waals surface area contributed by atoms with Crippen LogP contribution in [0, 0.1) is 18.7 Å². The van der Waals surface area contributed by atoms with E-state index in [1.165, 1.54) is 6.07 Å². The monoisotopic (exact) mass is 395 g/mol. The lowest BCUT2D eigenvalue weighted by molar-refractivity contribution is -0.136. The minimum atomic E-state index is -0.285. The summed E-state index contributed by atoms with van der Waals surface area (Å²) in [6, 6.07) is 14.8. The predicted molar refractivity (Wildman–Crippen MR) is 110 cm³/mol. The summed E-state index contributed by atoms with van der Waals surface area (Å²) in [5.74, 6) is -0.444. The number of piperazine rings is 1. The standard InChI is InChI=1S/C23H26FN3O2/c1-17-5-4-6-18(13-17)15-27-16-19(14-22(27)28)23(29)26-11-9-25(10-12-26)21-8-3-2-7-20(21)24/h2-8,13,19H,9-12,14-16H2,1H3. The Labute approximate surface area is 170 Å². The minimum Gasteiger partial charge on any atom is -0.366 e. The molecule has 4 rings (SSSR count). The fourth-order valence-corrected chi connectivity index (χ4v) is 4.26. The first kappa shape index (κ1) is 19.4. The van der Waals surface area contributed by atoms with Crippen LogP contribution in [0.1, 0.15) is 17.5 Å². The quantitative estimate of drug-likeness (QED) is 0.800. The molecule has 0 N–H and O–H groups in total. The number of rotatable bonds is 4. The topological polar surface area (TPSA) is 43.9 Å². The molecule has 0 aromatic heterocycles. The predicted octanol–water partition coefficient (Wildman–Crippen LogP) is 2.83. The summed E-state index contributed by atoms with van der Waals surface area (Å²) in [5.41, 5.74) is 2.83. The van der Waals surface area contributed by atoms with Gasteiger partial charge in [-0.3, -0.25) is 9.59 Å². The van der Waals surface area contributed by atoms with E-state index < -0.39 is 0 Å². The second kappa shape index (κ2) is 8.23. The van der Waals surface area contributed by atoms with Crippen molar-refractivity contribution in [1.29, 1.82) is 0 Å². The van der Waals surface area contributed by atoms with E-state index in [4.69, 9.17) is 0 Å². The van der Waals surface area contributed by atoms with Crippen LogP contribution >= 0.6 is 0 Å². The number of hydrogen-bond donors (Lipinski definition) is 0. The molecule has 0 spiro atoms. The first-order valence-electron chi connectivity index (χ1n) is 10.1. The maximum atomic E-state index is 14.0. The van der Waals surface area contributed by atoms with Crippen LogP contribution in [0.4, 0.5) is 10.1 Å². The van der Waals surface area contributed by atoms with E-state index in [-0.39, 0.29) is 30.0 Å². The largest absolute Gasteiger partial charge is 0.366 e. The van der Waals surface area contributed by atoms with Crippen molar-refractivity contribution in [3.63, 3.8) is 0 Å². The van der Waals surface area contributed by atoms with Gasteiger partial charge in [0.2, 0.25) is 11.8 Å². The molecular formula is C23H26FN3O2. The SMILES string of the molecule is Cc1cccc(CN2CC(C(=O)N3CCN(c4ccccc4F)CC3)CC2=O)c1. The van der Waals surface area contributed by atoms with Gasteiger partial charge in [-0.25, -0.2) is 4.39 Å². The van der Waals surface area contributed by atoms with Crippen LogP contribution in [0.2, 0.25) is 0 Å². The highest BCUT2D eigenvalue weighted by atomic mass is 19.1. The van der Waals surface area contributed by atoms with Crippen molar-refractivity contribution in [2.45, 2.75) is 19.9 Å². The van der Waals surface area contributed by atoms with Crippen molar-refractivity contribution in [2.24, 2.45) is 5.92 Å². The lowest BCUT2D eigenvalue weighted by atomic mass is 10.1. The number of benzene rings is 2. The summed E-state index contributed by atoms with van der Waals surface area (Å²) >= 11 is 0. The number of nitrogens with zero attached hydrogens (tertiary/aromatic N) is 3. The maximum Gasteiger partial charge on any atom is 0.228 e. The minimum absolute atomic E-state index is 0.0369. The number of aryl methyl sites for hydroxylation is 1. The van der Waals surface area contributed by atoms with Gasteiger partial charge < -0.3 is 14.7 Å². The summed E-state index contributed by atoms with van der Waals surface area (Å²) in [4.78, 5) is 31.0. The molecule has 0 radical (unpaired) electrons. The number of anilines is 1. The summed E-state index contributed by atoms with van der Waals surface area (Å²) in [5, 5.41) is 0. The summed E-state index contributed by atoms with van der Waals surface area (Å²) in [6.07, 6.45) is 0.276. The van der Waals surface area contributed by atoms with Crippen LogP contribution in [0.3, 0.4) is 0 Å². The van der Waals surface area contributed by atoms with E-state index in [9.17, 15) is 14.0 Å². The van der Waals surface area contributed by atoms with Crippen LogP contribution < -0.4 is 4.90 Å². The average Bonchev–Trinajstić information content (AvgIpc) is 3.08. The molecule has 2 aromatic carbocycles. The molecule has 2 aliphatic heterocycles. The number of carbonyl (C=O) groups is 2. The molecule has 2 amide bonds. The fourth-order valence-electron chi connectivity index (χ4n) is 4.26. The number of likely N-dealkylation sites (tertiary alicyclic amines) is 1. The number of hydrogen-bond acceptors (Lipinski definition) is 3. The van der Waals surface area contributed by atoms with Crippen molar-refractivity contribution in [3.8, 4) is 0 Å². The Kier molecular flexibility index (Phi) is 5.51. The molecule has 6 heteroatoms. The molecule has 2 fully saturated rings. The van der Waals surface area contributed by atoms with Gasteiger partial charge in [0.25, 0.3) is 0 Å². The number of carbonyl (C=O) groups excluding carboxylic acids is 2. The molecule has 2 aromatic rings. The molecule has 0 saturated carbocycles. The second-order valence-corrected chi connectivity index (χ2v) is 7.93. The highest BCUT2D eigenvalue weighted by Gasteiger charge is 2.37. The van der Waals surface area contributed by atoms with Gasteiger partial charge in [0.15, 0.2) is 0 Å². The Hall–Kier alpha value is -2.89. The zero-order valence-corrected chi connectivity index (χ0v) is 16.7. The zero-order chi connectivity index (χ0) is 20.4. The van der Waals surface area contributed by atoms with Gasteiger partial charge in [0, 0.05) is 45.7 Å². The van der Waals surface area contributed by atoms with Crippen LogP contribution in [-0.4, -0.2) is 54.3 Å². The molecule has 2 aliphatic rings. The molecule has 29 heavy (non-hydrogen) atoms. The molecule has 2 heterocycles. The lowest BCUT2D eigenvalue weighted by Crippen LogP contribution is -2.50. The molecule has 0 aliphatic carbocycles. The van der Waals surface area contributed by atoms with Crippen LogP contribution in [0.5, 0.6) is 0 Å². The van der Waals surface area contributed by atoms with Gasteiger partial charge in [-0.15, -0.1) is 0 Å². The van der Waals surface area contributed by atoms with E-state index in [0.717, 1.165) is 11.1 Å². The summed E-state index contributed by atoms with van der Waals surface area (Å²) in [6.45, 7) is 5.35. The third-order valence-corrected chi connectivity index (χ3v) is 5.80. The third kappa shape index (κ3) is 4.26. The molecular weight excluding hydrogens is 369 g/mol. The Morgan fingerprint density at radius 2 is 1.83 bits per heavy atom. The Morgan fingerprint density at radius 1 is 1.07 bits per heavy atom. The van der Waals surface area contributed by atoms with Crippen LogP contribution in [0.25, 0.3) is 0 Å². The van der Waals surface area contributed by atoms with Gasteiger partial charge >= 0.3 is 0 Å². The van der Waals surface area contributed by atoms with E-state index in [1.807, 2.05) is 41.0 Å². The highest BCUT2D eigenvalue weighted by molar-refractivity contribution is 5.89. The summed E-state index contributed by atoms with van der Waals surface area (Å²) in [7, 11) is 0. The molecule has 1 atom stereocenters. The van der Waals surface area contributed by atoms with Gasteiger partial charge in [-0.05, 0) is 24.6 Å². The van der Waals surface area contributed by atoms with Crippen molar-refractivity contribution < 1.29 is 14.0 Å². The van der Waals surface area contributed by atoms with E-state index >= 15 is 0 Å². The smallest absolute Gasteiger partial charge is 0.228 e. The fraction of sp³-hybridized carbons (Fsp3) is 0.391. The summed E-state index contributed by atoms with van der Waals surface area (Å²) < 4.78 is 14.0. The van der Waals surface area contributed by atoms with Gasteiger partial charge in [0.05, 0.1) is 11.6 Å². The molecule has 0 bridgehead atoms. The van der Waals surface area contributed by atoms with Crippen molar-refractivity contribution in [2.75, 3.05) is 37.6 Å². The Morgan fingerprint density at radius 3 is 2.55 bits per heavy atom. The van der Waals surface area contributed by atoms with Gasteiger partial charge in [0.1, 0.15) is 5.82 Å². The normalized spacial score (nSPS) is 19.7. The number of halogens is 1.